The molecule has 0 aliphatic carbocycles. The molecule has 1 saturated heterocycles. The Labute approximate surface area is 141 Å². The van der Waals surface area contributed by atoms with Crippen molar-refractivity contribution in [2.24, 2.45) is 5.73 Å². The van der Waals surface area contributed by atoms with Crippen LogP contribution in [-0.2, 0) is 38.1 Å². The van der Waals surface area contributed by atoms with Gasteiger partial charge in [0.2, 0.25) is 0 Å². The Balaban J connectivity index is 3.30. The number of hydrogen-bond acceptors (Lipinski definition) is 10. The lowest BCUT2D eigenvalue weighted by atomic mass is 9.98. The first-order valence-corrected chi connectivity index (χ1v) is 7.56. The Bertz CT molecular complexity index is 575. The van der Waals surface area contributed by atoms with Gasteiger partial charge in [-0.1, -0.05) is 0 Å². The normalized spacial score (nSPS) is 29.0. The van der Waals surface area contributed by atoms with Crippen LogP contribution in [0.5, 0.6) is 0 Å². The fraction of sp³-hybridized carbons (Fsp3) is 0.615. The van der Waals surface area contributed by atoms with Crippen LogP contribution in [0.15, 0.2) is 0 Å². The topological polar surface area (TPSA) is 155 Å². The summed E-state index contributed by atoms with van der Waals surface area (Å²) in [5.74, 6) is -3.31. The van der Waals surface area contributed by atoms with E-state index in [0.29, 0.717) is 11.8 Å². The molecule has 1 amide bonds. The highest BCUT2D eigenvalue weighted by molar-refractivity contribution is 8.04. The lowest BCUT2D eigenvalue weighted by molar-refractivity contribution is -0.229. The third kappa shape index (κ3) is 5.10. The van der Waals surface area contributed by atoms with E-state index in [1.54, 1.807) is 5.40 Å². The molecule has 0 unspecified atom stereocenters. The van der Waals surface area contributed by atoms with Gasteiger partial charge in [0.25, 0.3) is 5.91 Å². The number of thiocyanates is 1. The molecule has 0 aromatic rings. The lowest BCUT2D eigenvalue weighted by Gasteiger charge is -2.42. The Kier molecular flexibility index (Phi) is 6.99. The van der Waals surface area contributed by atoms with E-state index in [4.69, 9.17) is 29.9 Å². The van der Waals surface area contributed by atoms with Crippen LogP contribution in [0, 0.1) is 10.7 Å². The van der Waals surface area contributed by atoms with Crippen molar-refractivity contribution in [1.29, 1.82) is 5.26 Å². The second-order valence-corrected chi connectivity index (χ2v) is 5.64. The van der Waals surface area contributed by atoms with Crippen molar-refractivity contribution in [3.05, 3.63) is 0 Å². The molecule has 10 nitrogen and oxygen atoms in total. The monoisotopic (exact) mass is 360 g/mol. The molecule has 0 aromatic carbocycles. The molecular formula is C13H16N2O8S. The van der Waals surface area contributed by atoms with E-state index in [-0.39, 0.29) is 0 Å². The molecule has 0 aromatic heterocycles. The molecule has 5 atom stereocenters. The zero-order valence-corrected chi connectivity index (χ0v) is 13.9. The van der Waals surface area contributed by atoms with Crippen molar-refractivity contribution in [2.45, 2.75) is 50.6 Å². The number of nitrogens with two attached hydrogens (primary N) is 1. The Morgan fingerprint density at radius 3 is 1.83 bits per heavy atom. The van der Waals surface area contributed by atoms with Gasteiger partial charge in [-0.25, -0.2) is 0 Å². The minimum Gasteiger partial charge on any atom is -0.455 e. The maximum absolute atomic E-state index is 11.6. The molecule has 0 radical (unpaired) electrons. The van der Waals surface area contributed by atoms with Gasteiger partial charge in [0.05, 0.1) is 0 Å². The molecule has 1 aliphatic rings. The van der Waals surface area contributed by atoms with Crippen LogP contribution in [0.2, 0.25) is 0 Å². The van der Waals surface area contributed by atoms with Crippen molar-refractivity contribution < 1.29 is 38.1 Å². The lowest BCUT2D eigenvalue weighted by Crippen LogP contribution is -2.63. The maximum atomic E-state index is 11.6. The van der Waals surface area contributed by atoms with Crippen LogP contribution in [0.1, 0.15) is 20.8 Å². The summed E-state index contributed by atoms with van der Waals surface area (Å²) in [6.45, 7) is 3.25. The fourth-order valence-electron chi connectivity index (χ4n) is 2.15. The highest BCUT2D eigenvalue weighted by Gasteiger charge is 2.54. The number of hydrogen-bond donors (Lipinski definition) is 1. The molecule has 11 heteroatoms. The summed E-state index contributed by atoms with van der Waals surface area (Å²) in [6, 6.07) is 0. The number of carbonyl (C=O) groups excluding carboxylic acids is 4. The first kappa shape index (κ1) is 19.7. The van der Waals surface area contributed by atoms with E-state index < -0.39 is 53.7 Å². The number of amides is 1. The van der Waals surface area contributed by atoms with Gasteiger partial charge in [-0.05, 0) is 11.8 Å². The third-order valence-corrected chi connectivity index (χ3v) is 3.57. The standard InChI is InChI=1S/C13H16N2O8S/c1-5(16)20-8-9(21-6(2)17)11(22-7(3)18)13(24-4-14)23-10(8)12(15)19/h8-11,13H,1-3H3,(H2,15,19)/t8-,9-,10-,11+,13-/m0/s1. The highest BCUT2D eigenvalue weighted by atomic mass is 32.2. The van der Waals surface area contributed by atoms with Crippen molar-refractivity contribution in [1.82, 2.24) is 0 Å². The quantitative estimate of drug-likeness (QED) is 0.374. The second-order valence-electron chi connectivity index (χ2n) is 4.76. The zero-order chi connectivity index (χ0) is 18.4. The van der Waals surface area contributed by atoms with Gasteiger partial charge in [0.1, 0.15) is 5.40 Å². The molecule has 2 N–H and O–H groups in total. The molecule has 24 heavy (non-hydrogen) atoms. The van der Waals surface area contributed by atoms with E-state index in [1.807, 2.05) is 0 Å². The number of nitriles is 1. The van der Waals surface area contributed by atoms with E-state index in [9.17, 15) is 19.2 Å². The molecule has 0 bridgehead atoms. The summed E-state index contributed by atoms with van der Waals surface area (Å²) in [5, 5.41) is 10.6. The summed E-state index contributed by atoms with van der Waals surface area (Å²) in [4.78, 5) is 45.6. The predicted molar refractivity (Wildman–Crippen MR) is 77.7 cm³/mol. The Hall–Kier alpha value is -2.32. The zero-order valence-electron chi connectivity index (χ0n) is 13.1. The fourth-order valence-corrected chi connectivity index (χ4v) is 2.77. The van der Waals surface area contributed by atoms with E-state index in [1.165, 1.54) is 0 Å². The Morgan fingerprint density at radius 1 is 0.958 bits per heavy atom. The van der Waals surface area contributed by atoms with Gasteiger partial charge < -0.3 is 24.7 Å². The largest absolute Gasteiger partial charge is 0.455 e. The molecule has 0 spiro atoms. The second kappa shape index (κ2) is 8.51. The predicted octanol–water partition coefficient (Wildman–Crippen LogP) is -0.794. The number of nitrogens with zero attached hydrogens (tertiary/aromatic N) is 1. The first-order valence-electron chi connectivity index (χ1n) is 6.68. The van der Waals surface area contributed by atoms with Gasteiger partial charge in [0, 0.05) is 20.8 Å². The smallest absolute Gasteiger partial charge is 0.303 e. The highest BCUT2D eigenvalue weighted by Crippen LogP contribution is 2.33. The molecule has 1 fully saturated rings. The SMILES string of the molecule is CC(=O)O[C@@H]1[C@@H](OC(C)=O)[C@H](SC#N)O[C@H](C(N)=O)[C@H]1OC(C)=O. The summed E-state index contributed by atoms with van der Waals surface area (Å²) >= 11 is 0.542. The molecule has 1 rings (SSSR count). The summed E-state index contributed by atoms with van der Waals surface area (Å²) in [7, 11) is 0. The third-order valence-electron chi connectivity index (χ3n) is 2.85. The van der Waals surface area contributed by atoms with Crippen LogP contribution in [0.4, 0.5) is 0 Å². The van der Waals surface area contributed by atoms with Crippen LogP contribution in [-0.4, -0.2) is 53.7 Å². The van der Waals surface area contributed by atoms with Gasteiger partial charge in [-0.3, -0.25) is 19.2 Å². The minimum atomic E-state index is -1.49. The number of carbonyl (C=O) groups is 4. The number of thioether (sulfide) groups is 1. The number of primary amides is 1. The average Bonchev–Trinajstić information content (AvgIpc) is 2.43. The minimum absolute atomic E-state index is 0.542. The molecule has 0 saturated carbocycles. The number of esters is 3. The van der Waals surface area contributed by atoms with Crippen LogP contribution in [0.3, 0.4) is 0 Å². The molecule has 132 valence electrons. The van der Waals surface area contributed by atoms with Gasteiger partial charge in [-0.2, -0.15) is 5.26 Å². The van der Waals surface area contributed by atoms with Gasteiger partial charge >= 0.3 is 17.9 Å². The van der Waals surface area contributed by atoms with Gasteiger partial charge in [-0.15, -0.1) is 0 Å². The van der Waals surface area contributed by atoms with Gasteiger partial charge in [0.15, 0.2) is 29.9 Å². The van der Waals surface area contributed by atoms with Crippen LogP contribution in [0.25, 0.3) is 0 Å². The Morgan fingerprint density at radius 2 is 1.42 bits per heavy atom. The summed E-state index contributed by atoms with van der Waals surface area (Å²) < 4.78 is 20.5. The van der Waals surface area contributed by atoms with E-state index >= 15 is 0 Å². The average molecular weight is 360 g/mol. The number of ether oxygens (including phenoxy) is 4. The van der Waals surface area contributed by atoms with Crippen molar-refractivity contribution in [3.8, 4) is 5.40 Å². The van der Waals surface area contributed by atoms with Crippen molar-refractivity contribution in [3.63, 3.8) is 0 Å². The molecule has 1 aliphatic heterocycles. The number of rotatable bonds is 5. The maximum Gasteiger partial charge on any atom is 0.303 e. The van der Waals surface area contributed by atoms with Crippen LogP contribution < -0.4 is 5.73 Å². The van der Waals surface area contributed by atoms with Crippen molar-refractivity contribution >= 4 is 35.6 Å². The summed E-state index contributed by atoms with van der Waals surface area (Å²) in [5.41, 5.74) is 4.06. The first-order chi connectivity index (χ1) is 11.2. The van der Waals surface area contributed by atoms with Crippen molar-refractivity contribution in [2.75, 3.05) is 0 Å². The molecule has 1 heterocycles. The van der Waals surface area contributed by atoms with Crippen LogP contribution >= 0.6 is 11.8 Å². The molecular weight excluding hydrogens is 344 g/mol. The van der Waals surface area contributed by atoms with E-state index in [2.05, 4.69) is 0 Å². The van der Waals surface area contributed by atoms with E-state index in [0.717, 1.165) is 20.8 Å². The summed E-state index contributed by atoms with van der Waals surface area (Å²) in [6.07, 6.45) is -5.57.